The maximum absolute atomic E-state index is 2.47. The van der Waals surface area contributed by atoms with Crippen molar-refractivity contribution in [2.24, 2.45) is 0 Å². The number of hydrogen-bond acceptors (Lipinski definition) is 2. The molecule has 0 unspecified atom stereocenters. The normalized spacial score (nSPS) is 12.7. The zero-order valence-electron chi connectivity index (χ0n) is 38.2. The Bertz CT molecular complexity index is 4000. The summed E-state index contributed by atoms with van der Waals surface area (Å²) < 4.78 is 5.06. The number of anilines is 3. The lowest BCUT2D eigenvalue weighted by Crippen LogP contribution is -2.28. The second-order valence-electron chi connectivity index (χ2n) is 18.4. The molecule has 0 radical (unpaired) electrons. The van der Waals surface area contributed by atoms with Crippen molar-refractivity contribution in [2.45, 2.75) is 5.41 Å². The maximum atomic E-state index is 2.47. The molecule has 0 amide bonds. The molecule has 0 atom stereocenters. The Morgan fingerprint density at radius 3 is 1.50 bits per heavy atom. The van der Waals surface area contributed by atoms with Crippen LogP contribution in [0.25, 0.3) is 81.0 Å². The number of para-hydroxylation sites is 2. The van der Waals surface area contributed by atoms with E-state index in [0.717, 1.165) is 22.7 Å². The largest absolute Gasteiger partial charge is 0.310 e. The maximum Gasteiger partial charge on any atom is 0.0714 e. The summed E-state index contributed by atoms with van der Waals surface area (Å²) in [6.45, 7) is 0. The van der Waals surface area contributed by atoms with Gasteiger partial charge in [0.1, 0.15) is 0 Å². The lowest BCUT2D eigenvalue weighted by Gasteiger charge is -2.34. The summed E-state index contributed by atoms with van der Waals surface area (Å²) in [5.74, 6) is 0. The van der Waals surface area contributed by atoms with E-state index < -0.39 is 5.41 Å². The minimum absolute atomic E-state index is 0.519. The number of aromatic nitrogens is 1. The van der Waals surface area contributed by atoms with Crippen molar-refractivity contribution in [3.63, 3.8) is 0 Å². The molecular formula is C67H44N2S. The molecule has 1 aliphatic rings. The topological polar surface area (TPSA) is 8.17 Å². The summed E-state index contributed by atoms with van der Waals surface area (Å²) in [6, 6.07) is 98.5. The average molecular weight is 909 g/mol. The number of benzene rings is 11. The first-order chi connectivity index (χ1) is 34.7. The smallest absolute Gasteiger partial charge is 0.0714 e. The van der Waals surface area contributed by atoms with Crippen LogP contribution in [0.5, 0.6) is 0 Å². The minimum Gasteiger partial charge on any atom is -0.310 e. The van der Waals surface area contributed by atoms with Crippen LogP contribution in [0.1, 0.15) is 22.3 Å². The first kappa shape index (κ1) is 40.3. The fourth-order valence-electron chi connectivity index (χ4n) is 11.7. The Morgan fingerprint density at radius 1 is 0.343 bits per heavy atom. The molecule has 2 aromatic heterocycles. The Hall–Kier alpha value is -8.76. The van der Waals surface area contributed by atoms with Crippen LogP contribution in [0, 0.1) is 0 Å². The van der Waals surface area contributed by atoms with Crippen LogP contribution in [0.4, 0.5) is 17.1 Å². The molecule has 14 rings (SSSR count). The van der Waals surface area contributed by atoms with Crippen molar-refractivity contribution in [1.29, 1.82) is 0 Å². The molecule has 0 saturated heterocycles. The van der Waals surface area contributed by atoms with Crippen LogP contribution in [0.15, 0.2) is 267 Å². The number of nitrogens with zero attached hydrogens (tertiary/aromatic N) is 2. The molecule has 3 heteroatoms. The number of rotatable bonds is 8. The van der Waals surface area contributed by atoms with Gasteiger partial charge in [0.05, 0.1) is 22.1 Å². The highest BCUT2D eigenvalue weighted by Crippen LogP contribution is 2.59. The number of hydrogen-bond donors (Lipinski definition) is 0. The van der Waals surface area contributed by atoms with E-state index in [1.807, 2.05) is 11.3 Å². The van der Waals surface area contributed by atoms with Gasteiger partial charge >= 0.3 is 0 Å². The van der Waals surface area contributed by atoms with Crippen LogP contribution in [0.2, 0.25) is 0 Å². The van der Waals surface area contributed by atoms with E-state index in [-0.39, 0.29) is 0 Å². The van der Waals surface area contributed by atoms with E-state index in [9.17, 15) is 0 Å². The molecule has 70 heavy (non-hydrogen) atoms. The van der Waals surface area contributed by atoms with Gasteiger partial charge in [-0.3, -0.25) is 0 Å². The third kappa shape index (κ3) is 6.12. The van der Waals surface area contributed by atoms with E-state index in [2.05, 4.69) is 276 Å². The van der Waals surface area contributed by atoms with Gasteiger partial charge < -0.3 is 9.47 Å². The molecule has 1 aliphatic carbocycles. The lowest BCUT2D eigenvalue weighted by atomic mass is 9.68. The van der Waals surface area contributed by atoms with Crippen LogP contribution in [-0.2, 0) is 5.41 Å². The molecule has 328 valence electrons. The van der Waals surface area contributed by atoms with Gasteiger partial charge in [-0.2, -0.15) is 0 Å². The van der Waals surface area contributed by atoms with Crippen molar-refractivity contribution in [1.82, 2.24) is 4.57 Å². The molecule has 2 nitrogen and oxygen atoms in total. The molecule has 2 heterocycles. The van der Waals surface area contributed by atoms with Gasteiger partial charge in [-0.05, 0) is 111 Å². The highest BCUT2D eigenvalue weighted by atomic mass is 32.1. The fourth-order valence-corrected chi connectivity index (χ4v) is 12.9. The zero-order chi connectivity index (χ0) is 46.2. The van der Waals surface area contributed by atoms with Crippen molar-refractivity contribution >= 4 is 70.4 Å². The zero-order valence-corrected chi connectivity index (χ0v) is 39.0. The van der Waals surface area contributed by atoms with Crippen LogP contribution in [0.3, 0.4) is 0 Å². The van der Waals surface area contributed by atoms with Crippen molar-refractivity contribution in [3.05, 3.63) is 289 Å². The van der Waals surface area contributed by atoms with Crippen molar-refractivity contribution in [3.8, 4) is 39.1 Å². The van der Waals surface area contributed by atoms with Gasteiger partial charge in [0, 0.05) is 53.6 Å². The van der Waals surface area contributed by atoms with Crippen LogP contribution >= 0.6 is 11.3 Å². The van der Waals surface area contributed by atoms with Crippen LogP contribution < -0.4 is 4.90 Å². The van der Waals surface area contributed by atoms with Gasteiger partial charge in [-0.15, -0.1) is 11.3 Å². The number of thiophene rings is 1. The van der Waals surface area contributed by atoms with E-state index in [1.54, 1.807) is 0 Å². The van der Waals surface area contributed by atoms with E-state index >= 15 is 0 Å². The van der Waals surface area contributed by atoms with Gasteiger partial charge in [-0.25, -0.2) is 0 Å². The van der Waals surface area contributed by atoms with Gasteiger partial charge in [0.25, 0.3) is 0 Å². The van der Waals surface area contributed by atoms with Crippen molar-refractivity contribution in [2.75, 3.05) is 4.90 Å². The molecule has 0 fully saturated rings. The monoisotopic (exact) mass is 908 g/mol. The summed E-state index contributed by atoms with van der Waals surface area (Å²) in [4.78, 5) is 2.47. The van der Waals surface area contributed by atoms with Gasteiger partial charge in [0.15, 0.2) is 0 Å². The van der Waals surface area contributed by atoms with Gasteiger partial charge in [0.2, 0.25) is 0 Å². The Labute approximate surface area is 411 Å². The first-order valence-corrected chi connectivity index (χ1v) is 24.9. The Balaban J connectivity index is 0.922. The third-order valence-corrected chi connectivity index (χ3v) is 15.9. The molecule has 0 N–H and O–H groups in total. The molecule has 0 spiro atoms. The molecule has 0 saturated carbocycles. The Kier molecular flexibility index (Phi) is 9.33. The van der Waals surface area contributed by atoms with E-state index in [4.69, 9.17) is 0 Å². The highest BCUT2D eigenvalue weighted by Gasteiger charge is 2.47. The summed E-state index contributed by atoms with van der Waals surface area (Å²) in [7, 11) is 0. The summed E-state index contributed by atoms with van der Waals surface area (Å²) in [5, 5.41) is 5.16. The molecule has 11 aromatic carbocycles. The second kappa shape index (κ2) is 16.2. The SMILES string of the molecule is c1ccc(C2(c3ccccc3)c3ccccc3-c3c(N(c4ccc(-c5ccc(-c6cccc7c6sc6ccccc67)cc5)cc4)c4ccc(-n5c6ccccc6c6ccccc65)cc4)cccc32)cc1. The predicted molar refractivity (Wildman–Crippen MR) is 297 cm³/mol. The molecule has 13 aromatic rings. The fraction of sp³-hybridized carbons (Fsp3) is 0.0149. The predicted octanol–water partition coefficient (Wildman–Crippen LogP) is 18.3. The third-order valence-electron chi connectivity index (χ3n) is 14.7. The molecule has 0 bridgehead atoms. The first-order valence-electron chi connectivity index (χ1n) is 24.1. The minimum atomic E-state index is -0.519. The lowest BCUT2D eigenvalue weighted by molar-refractivity contribution is 0.768. The number of fused-ring (bicyclic) bond motifs is 9. The second-order valence-corrected chi connectivity index (χ2v) is 19.4. The molecule has 0 aliphatic heterocycles. The molecular weight excluding hydrogens is 865 g/mol. The van der Waals surface area contributed by atoms with E-state index in [0.29, 0.717) is 0 Å². The van der Waals surface area contributed by atoms with E-state index in [1.165, 1.54) is 97.6 Å². The quantitative estimate of drug-likeness (QED) is 0.147. The standard InChI is InChI=1S/C67H44N2S/c1-3-17-48(18-4-1)67(49-19-5-2-6-20-49)59-27-11-7-24-58(59)65-60(67)28-16-31-63(65)68(51-41-43-52(44-42-51)69-61-29-12-8-21-54(61)55-22-9-13-30-62(55)69)50-39-37-46(38-40-50)45-33-35-47(36-34-45)53-25-15-26-57-56-23-10-14-32-64(56)70-66(53)57/h1-44H. The summed E-state index contributed by atoms with van der Waals surface area (Å²) in [5.41, 5.74) is 18.7. The van der Waals surface area contributed by atoms with Crippen molar-refractivity contribution < 1.29 is 0 Å². The van der Waals surface area contributed by atoms with Crippen LogP contribution in [-0.4, -0.2) is 4.57 Å². The summed E-state index contributed by atoms with van der Waals surface area (Å²) in [6.07, 6.45) is 0. The summed E-state index contributed by atoms with van der Waals surface area (Å²) >= 11 is 1.88. The highest BCUT2D eigenvalue weighted by molar-refractivity contribution is 7.26. The Morgan fingerprint density at radius 2 is 0.829 bits per heavy atom. The average Bonchev–Trinajstić information content (AvgIpc) is 4.09. The van der Waals surface area contributed by atoms with Gasteiger partial charge in [-0.1, -0.05) is 206 Å².